The summed E-state index contributed by atoms with van der Waals surface area (Å²) in [7, 11) is 0. The Hall–Kier alpha value is -3.83. The van der Waals surface area contributed by atoms with Gasteiger partial charge in [-0.3, -0.25) is 9.69 Å². The summed E-state index contributed by atoms with van der Waals surface area (Å²) in [5.74, 6) is -0.450. The number of hydrogen-bond donors (Lipinski definition) is 1. The van der Waals surface area contributed by atoms with Crippen molar-refractivity contribution in [2.45, 2.75) is 6.92 Å². The fourth-order valence-electron chi connectivity index (χ4n) is 2.87. The maximum atomic E-state index is 14.2. The van der Waals surface area contributed by atoms with Crippen molar-refractivity contribution in [1.29, 1.82) is 5.26 Å². The van der Waals surface area contributed by atoms with Crippen LogP contribution in [0, 0.1) is 17.1 Å². The van der Waals surface area contributed by atoms with Gasteiger partial charge in [-0.05, 0) is 30.3 Å². The van der Waals surface area contributed by atoms with E-state index in [0.717, 1.165) is 11.0 Å². The molecule has 0 saturated carbocycles. The highest BCUT2D eigenvalue weighted by molar-refractivity contribution is 7.14. The van der Waals surface area contributed by atoms with Gasteiger partial charge in [-0.2, -0.15) is 5.26 Å². The first-order chi connectivity index (χ1) is 14.1. The molecular formula is C21H14FN5OS. The number of nitriles is 1. The fraction of sp³-hybridized carbons (Fsp3) is 0.0476. The number of carbonyl (C=O) groups is 1. The predicted octanol–water partition coefficient (Wildman–Crippen LogP) is 4.91. The Labute approximate surface area is 169 Å². The van der Waals surface area contributed by atoms with E-state index >= 15 is 0 Å². The maximum Gasteiger partial charge on any atom is 0.230 e. The summed E-state index contributed by atoms with van der Waals surface area (Å²) in [4.78, 5) is 25.3. The number of carbonyl (C=O) groups excluding carboxylic acids is 1. The van der Waals surface area contributed by atoms with Crippen LogP contribution in [0.15, 0.2) is 53.9 Å². The maximum absolute atomic E-state index is 14.2. The van der Waals surface area contributed by atoms with Crippen molar-refractivity contribution in [2.75, 3.05) is 4.90 Å². The standard InChI is InChI=1S/C21H14FN5OS/c1-13(28)27(19-9-5-2-6-16(19)22)21-24-15(12-29-21)10-14(11-23)20-25-17-7-3-4-8-18(17)26-20/h2-10,12H,1H3,(H,25,26)/b14-10+. The number of para-hydroxylation sites is 3. The van der Waals surface area contributed by atoms with Crippen LogP contribution in [0.5, 0.6) is 0 Å². The molecule has 29 heavy (non-hydrogen) atoms. The number of amides is 1. The number of imidazole rings is 1. The number of aromatic amines is 1. The molecule has 4 aromatic rings. The van der Waals surface area contributed by atoms with Crippen molar-refractivity contribution < 1.29 is 9.18 Å². The second-order valence-corrected chi connectivity index (χ2v) is 6.97. The number of halogens is 1. The van der Waals surface area contributed by atoms with E-state index in [1.54, 1.807) is 23.6 Å². The summed E-state index contributed by atoms with van der Waals surface area (Å²) in [6.07, 6.45) is 1.58. The number of nitrogens with one attached hydrogen (secondary N) is 1. The Morgan fingerprint density at radius 3 is 2.69 bits per heavy atom. The minimum atomic E-state index is -0.519. The molecule has 142 valence electrons. The van der Waals surface area contributed by atoms with Crippen LogP contribution in [-0.2, 0) is 4.79 Å². The lowest BCUT2D eigenvalue weighted by Crippen LogP contribution is -2.23. The highest BCUT2D eigenvalue weighted by Crippen LogP contribution is 2.31. The third kappa shape index (κ3) is 3.63. The van der Waals surface area contributed by atoms with Crippen molar-refractivity contribution >= 4 is 50.7 Å². The van der Waals surface area contributed by atoms with Crippen LogP contribution in [0.25, 0.3) is 22.7 Å². The highest BCUT2D eigenvalue weighted by Gasteiger charge is 2.21. The van der Waals surface area contributed by atoms with Gasteiger partial charge in [0.25, 0.3) is 0 Å². The average Bonchev–Trinajstić information content (AvgIpc) is 3.34. The Morgan fingerprint density at radius 1 is 1.21 bits per heavy atom. The second kappa shape index (κ2) is 7.66. The summed E-state index contributed by atoms with van der Waals surface area (Å²) in [6, 6.07) is 15.6. The SMILES string of the molecule is CC(=O)N(c1nc(/C=C(\C#N)c2nc3ccccc3[nH]2)cs1)c1ccccc1F. The van der Waals surface area contributed by atoms with E-state index in [1.165, 1.54) is 35.3 Å². The summed E-state index contributed by atoms with van der Waals surface area (Å²) in [6.45, 7) is 1.35. The van der Waals surface area contributed by atoms with E-state index in [9.17, 15) is 14.4 Å². The third-order valence-electron chi connectivity index (χ3n) is 4.17. The molecule has 2 aromatic heterocycles. The number of benzene rings is 2. The summed E-state index contributed by atoms with van der Waals surface area (Å²) in [5, 5.41) is 11.6. The van der Waals surface area contributed by atoms with Gasteiger partial charge in [0.2, 0.25) is 5.91 Å². The minimum Gasteiger partial charge on any atom is -0.337 e. The Bertz CT molecular complexity index is 1250. The molecule has 0 spiro atoms. The van der Waals surface area contributed by atoms with Crippen LogP contribution in [0.3, 0.4) is 0 Å². The number of thiazole rings is 1. The molecule has 0 fully saturated rings. The number of fused-ring (bicyclic) bond motifs is 1. The molecule has 0 aliphatic carbocycles. The molecule has 6 nitrogen and oxygen atoms in total. The van der Waals surface area contributed by atoms with Gasteiger partial charge < -0.3 is 4.98 Å². The third-order valence-corrected chi connectivity index (χ3v) is 5.01. The molecule has 0 bridgehead atoms. The van der Waals surface area contributed by atoms with Gasteiger partial charge in [-0.25, -0.2) is 14.4 Å². The molecule has 0 aliphatic rings. The van der Waals surface area contributed by atoms with Gasteiger partial charge in [0.1, 0.15) is 17.7 Å². The molecule has 0 aliphatic heterocycles. The van der Waals surface area contributed by atoms with E-state index in [1.807, 2.05) is 24.3 Å². The predicted molar refractivity (Wildman–Crippen MR) is 111 cm³/mol. The zero-order valence-electron chi connectivity index (χ0n) is 15.3. The first-order valence-electron chi connectivity index (χ1n) is 8.64. The molecule has 2 heterocycles. The van der Waals surface area contributed by atoms with Gasteiger partial charge in [0.15, 0.2) is 5.13 Å². The zero-order valence-corrected chi connectivity index (χ0v) is 16.1. The van der Waals surface area contributed by atoms with Crippen molar-refractivity contribution in [3.8, 4) is 6.07 Å². The lowest BCUT2D eigenvalue weighted by molar-refractivity contribution is -0.115. The monoisotopic (exact) mass is 403 g/mol. The lowest BCUT2D eigenvalue weighted by atomic mass is 10.2. The lowest BCUT2D eigenvalue weighted by Gasteiger charge is -2.18. The number of H-pyrrole nitrogens is 1. The van der Waals surface area contributed by atoms with Crippen LogP contribution >= 0.6 is 11.3 Å². The van der Waals surface area contributed by atoms with Gasteiger partial charge in [-0.15, -0.1) is 11.3 Å². The molecular weight excluding hydrogens is 389 g/mol. The number of hydrogen-bond acceptors (Lipinski definition) is 5. The Kier molecular flexibility index (Phi) is 4.89. The quantitative estimate of drug-likeness (QED) is 0.491. The molecule has 4 rings (SSSR count). The van der Waals surface area contributed by atoms with Gasteiger partial charge in [0, 0.05) is 12.3 Å². The number of aromatic nitrogens is 3. The Balaban J connectivity index is 1.71. The number of anilines is 2. The average molecular weight is 403 g/mol. The van der Waals surface area contributed by atoms with Crippen molar-refractivity contribution in [3.63, 3.8) is 0 Å². The molecule has 0 radical (unpaired) electrons. The van der Waals surface area contributed by atoms with E-state index < -0.39 is 5.82 Å². The van der Waals surface area contributed by atoms with E-state index in [2.05, 4.69) is 21.0 Å². The number of nitrogens with zero attached hydrogens (tertiary/aromatic N) is 4. The molecule has 1 N–H and O–H groups in total. The van der Waals surface area contributed by atoms with Crippen molar-refractivity contribution in [1.82, 2.24) is 15.0 Å². The zero-order chi connectivity index (χ0) is 20.4. The number of rotatable bonds is 4. The van der Waals surface area contributed by atoms with Gasteiger partial charge >= 0.3 is 0 Å². The van der Waals surface area contributed by atoms with E-state index in [-0.39, 0.29) is 11.6 Å². The van der Waals surface area contributed by atoms with Crippen LogP contribution in [0.1, 0.15) is 18.4 Å². The summed E-state index contributed by atoms with van der Waals surface area (Å²) in [5.41, 5.74) is 2.49. The molecule has 0 saturated heterocycles. The largest absolute Gasteiger partial charge is 0.337 e. The molecule has 1 amide bonds. The second-order valence-electron chi connectivity index (χ2n) is 6.13. The van der Waals surface area contributed by atoms with Gasteiger partial charge in [0.05, 0.1) is 28.0 Å². The van der Waals surface area contributed by atoms with Crippen LogP contribution in [0.4, 0.5) is 15.2 Å². The molecule has 8 heteroatoms. The van der Waals surface area contributed by atoms with Crippen molar-refractivity contribution in [3.05, 3.63) is 71.2 Å². The summed E-state index contributed by atoms with van der Waals surface area (Å²) < 4.78 is 14.2. The van der Waals surface area contributed by atoms with Crippen molar-refractivity contribution in [2.24, 2.45) is 0 Å². The van der Waals surface area contributed by atoms with Crippen LogP contribution in [0.2, 0.25) is 0 Å². The first-order valence-corrected chi connectivity index (χ1v) is 9.52. The highest BCUT2D eigenvalue weighted by atomic mass is 32.1. The Morgan fingerprint density at radius 2 is 1.97 bits per heavy atom. The van der Waals surface area contributed by atoms with Gasteiger partial charge in [-0.1, -0.05) is 24.3 Å². The smallest absolute Gasteiger partial charge is 0.230 e. The molecule has 0 atom stereocenters. The van der Waals surface area contributed by atoms with E-state index in [4.69, 9.17) is 0 Å². The summed E-state index contributed by atoms with van der Waals surface area (Å²) >= 11 is 1.18. The van der Waals surface area contributed by atoms with Crippen LogP contribution < -0.4 is 4.90 Å². The minimum absolute atomic E-state index is 0.127. The topological polar surface area (TPSA) is 85.7 Å². The first kappa shape index (κ1) is 18.5. The van der Waals surface area contributed by atoms with E-state index in [0.29, 0.717) is 22.2 Å². The normalized spacial score (nSPS) is 11.4. The fourth-order valence-corrected chi connectivity index (χ4v) is 3.70. The molecule has 0 unspecified atom stereocenters. The van der Waals surface area contributed by atoms with Crippen LogP contribution in [-0.4, -0.2) is 20.9 Å². The number of allylic oxidation sites excluding steroid dienone is 1. The molecule has 2 aromatic carbocycles.